The van der Waals surface area contributed by atoms with Gasteiger partial charge in [0.15, 0.2) is 11.5 Å². The topological polar surface area (TPSA) is 43.1 Å². The molecule has 0 atom stereocenters. The molecule has 0 fully saturated rings. The highest BCUT2D eigenvalue weighted by atomic mass is 32.1. The first-order valence-electron chi connectivity index (χ1n) is 8.21. The van der Waals surface area contributed by atoms with Gasteiger partial charge in [0.1, 0.15) is 17.0 Å². The Hall–Kier alpha value is -2.34. The molecule has 0 amide bonds. The van der Waals surface area contributed by atoms with Crippen molar-refractivity contribution < 1.29 is 4.39 Å². The Morgan fingerprint density at radius 3 is 2.75 bits per heavy atom. The number of hydrogen-bond acceptors (Lipinski definition) is 4. The molecule has 0 radical (unpaired) electrons. The molecule has 0 saturated carbocycles. The molecule has 0 N–H and O–H groups in total. The number of rotatable bonds is 1. The number of thiophene rings is 1. The first kappa shape index (κ1) is 14.0. The van der Waals surface area contributed by atoms with E-state index in [1.54, 1.807) is 34.3 Å². The van der Waals surface area contributed by atoms with Crippen molar-refractivity contribution in [2.24, 2.45) is 0 Å². The molecule has 0 unspecified atom stereocenters. The van der Waals surface area contributed by atoms with Gasteiger partial charge in [0.2, 0.25) is 0 Å². The van der Waals surface area contributed by atoms with E-state index in [4.69, 9.17) is 4.98 Å². The maximum Gasteiger partial charge on any atom is 0.182 e. The summed E-state index contributed by atoms with van der Waals surface area (Å²) in [5.41, 5.74) is 3.08. The molecule has 4 nitrogen and oxygen atoms in total. The van der Waals surface area contributed by atoms with E-state index >= 15 is 0 Å². The monoisotopic (exact) mass is 338 g/mol. The van der Waals surface area contributed by atoms with Gasteiger partial charge >= 0.3 is 0 Å². The van der Waals surface area contributed by atoms with Gasteiger partial charge in [-0.1, -0.05) is 6.42 Å². The van der Waals surface area contributed by atoms with Crippen molar-refractivity contribution in [2.75, 3.05) is 0 Å². The van der Waals surface area contributed by atoms with Crippen LogP contribution in [0.5, 0.6) is 0 Å². The van der Waals surface area contributed by atoms with Crippen molar-refractivity contribution in [3.8, 4) is 11.4 Å². The van der Waals surface area contributed by atoms with Crippen molar-refractivity contribution in [3.05, 3.63) is 46.9 Å². The zero-order valence-electron chi connectivity index (χ0n) is 13.0. The molecule has 0 aliphatic heterocycles. The summed E-state index contributed by atoms with van der Waals surface area (Å²) in [6, 6.07) is 6.29. The van der Waals surface area contributed by atoms with Crippen molar-refractivity contribution in [1.82, 2.24) is 19.6 Å². The fourth-order valence-electron chi connectivity index (χ4n) is 3.45. The lowest BCUT2D eigenvalue weighted by Crippen LogP contribution is -1.92. The summed E-state index contributed by atoms with van der Waals surface area (Å²) in [4.78, 5) is 11.8. The number of hydrogen-bond donors (Lipinski definition) is 0. The smallest absolute Gasteiger partial charge is 0.182 e. The first-order valence-corrected chi connectivity index (χ1v) is 9.03. The minimum atomic E-state index is -0.255. The largest absolute Gasteiger partial charge is 0.225 e. The van der Waals surface area contributed by atoms with Crippen molar-refractivity contribution in [1.29, 1.82) is 0 Å². The lowest BCUT2D eigenvalue weighted by Gasteiger charge is -1.98. The summed E-state index contributed by atoms with van der Waals surface area (Å²) >= 11 is 1.79. The van der Waals surface area contributed by atoms with Crippen LogP contribution in [-0.2, 0) is 12.8 Å². The highest BCUT2D eigenvalue weighted by Crippen LogP contribution is 2.36. The second-order valence-electron chi connectivity index (χ2n) is 6.20. The van der Waals surface area contributed by atoms with E-state index in [9.17, 15) is 4.39 Å². The SMILES string of the molecule is Fc1ccc(-c2nc3c4c5c(sc4ncn3n2)CCCCC5)cc1. The van der Waals surface area contributed by atoms with Crippen LogP contribution in [0.25, 0.3) is 27.3 Å². The molecule has 1 aromatic carbocycles. The van der Waals surface area contributed by atoms with Gasteiger partial charge in [0.25, 0.3) is 0 Å². The van der Waals surface area contributed by atoms with E-state index in [1.807, 2.05) is 0 Å². The van der Waals surface area contributed by atoms with Crippen molar-refractivity contribution in [3.63, 3.8) is 0 Å². The summed E-state index contributed by atoms with van der Waals surface area (Å²) in [5, 5.41) is 5.69. The van der Waals surface area contributed by atoms with Crippen LogP contribution in [0, 0.1) is 5.82 Å². The molecular formula is C18H15FN4S. The molecule has 0 saturated heterocycles. The number of fused-ring (bicyclic) bond motifs is 5. The number of halogens is 1. The number of aryl methyl sites for hydroxylation is 2. The zero-order chi connectivity index (χ0) is 16.1. The summed E-state index contributed by atoms with van der Waals surface area (Å²) in [6.07, 6.45) is 7.72. The Morgan fingerprint density at radius 2 is 1.88 bits per heavy atom. The van der Waals surface area contributed by atoms with Gasteiger partial charge in [-0.3, -0.25) is 0 Å². The van der Waals surface area contributed by atoms with Crippen LogP contribution in [0.3, 0.4) is 0 Å². The van der Waals surface area contributed by atoms with Gasteiger partial charge < -0.3 is 0 Å². The molecule has 3 aromatic heterocycles. The fraction of sp³-hybridized carbons (Fsp3) is 0.278. The number of benzene rings is 1. The molecule has 6 heteroatoms. The van der Waals surface area contributed by atoms with Crippen LogP contribution in [0.15, 0.2) is 30.6 Å². The third-order valence-corrected chi connectivity index (χ3v) is 5.84. The average Bonchev–Trinajstić information content (AvgIpc) is 3.09. The van der Waals surface area contributed by atoms with E-state index in [1.165, 1.54) is 41.8 Å². The minimum Gasteiger partial charge on any atom is -0.225 e. The third-order valence-electron chi connectivity index (χ3n) is 4.64. The van der Waals surface area contributed by atoms with Crippen LogP contribution in [0.2, 0.25) is 0 Å². The summed E-state index contributed by atoms with van der Waals surface area (Å²) in [6.45, 7) is 0. The van der Waals surface area contributed by atoms with Crippen LogP contribution in [0.4, 0.5) is 4.39 Å². The highest BCUT2D eigenvalue weighted by molar-refractivity contribution is 7.19. The number of aromatic nitrogens is 4. The van der Waals surface area contributed by atoms with Gasteiger partial charge in [-0.15, -0.1) is 16.4 Å². The maximum atomic E-state index is 13.1. The number of nitrogens with zero attached hydrogens (tertiary/aromatic N) is 4. The molecule has 5 rings (SSSR count). The van der Waals surface area contributed by atoms with E-state index in [0.717, 1.165) is 34.3 Å². The predicted molar refractivity (Wildman–Crippen MR) is 92.8 cm³/mol. The van der Waals surface area contributed by atoms with E-state index in [0.29, 0.717) is 5.82 Å². The van der Waals surface area contributed by atoms with Crippen molar-refractivity contribution in [2.45, 2.75) is 32.1 Å². The lowest BCUT2D eigenvalue weighted by molar-refractivity contribution is 0.628. The third kappa shape index (κ3) is 2.13. The second kappa shape index (κ2) is 5.34. The van der Waals surface area contributed by atoms with E-state index < -0.39 is 0 Å². The van der Waals surface area contributed by atoms with E-state index in [2.05, 4.69) is 10.1 Å². The van der Waals surface area contributed by atoms with Crippen LogP contribution in [0.1, 0.15) is 29.7 Å². The lowest BCUT2D eigenvalue weighted by atomic mass is 10.1. The summed E-state index contributed by atoms with van der Waals surface area (Å²) in [5.74, 6) is 0.354. The summed E-state index contributed by atoms with van der Waals surface area (Å²) < 4.78 is 14.9. The normalized spacial score (nSPS) is 14.9. The van der Waals surface area contributed by atoms with Gasteiger partial charge in [-0.25, -0.2) is 18.9 Å². The van der Waals surface area contributed by atoms with Crippen LogP contribution >= 0.6 is 11.3 Å². The Balaban J connectivity index is 1.75. The first-order chi connectivity index (χ1) is 11.8. The molecular weight excluding hydrogens is 323 g/mol. The second-order valence-corrected chi connectivity index (χ2v) is 7.28. The van der Waals surface area contributed by atoms with Crippen molar-refractivity contribution >= 4 is 27.2 Å². The zero-order valence-corrected chi connectivity index (χ0v) is 13.8. The molecule has 3 heterocycles. The molecule has 1 aliphatic carbocycles. The van der Waals surface area contributed by atoms with Crippen LogP contribution < -0.4 is 0 Å². The predicted octanol–water partition coefficient (Wildman–Crippen LogP) is 4.41. The molecule has 120 valence electrons. The van der Waals surface area contributed by atoms with E-state index in [-0.39, 0.29) is 5.82 Å². The fourth-order valence-corrected chi connectivity index (χ4v) is 4.68. The molecule has 4 aromatic rings. The summed E-state index contributed by atoms with van der Waals surface area (Å²) in [7, 11) is 0. The quantitative estimate of drug-likeness (QED) is 0.483. The van der Waals surface area contributed by atoms with Gasteiger partial charge in [0.05, 0.1) is 5.39 Å². The Bertz CT molecular complexity index is 1050. The minimum absolute atomic E-state index is 0.255. The Kier molecular flexibility index (Phi) is 3.13. The molecule has 0 bridgehead atoms. The molecule has 0 spiro atoms. The van der Waals surface area contributed by atoms with Gasteiger partial charge in [0, 0.05) is 10.4 Å². The molecule has 1 aliphatic rings. The Morgan fingerprint density at radius 1 is 1.04 bits per heavy atom. The standard InChI is InChI=1S/C18H15FN4S/c19-12-8-6-11(7-9-12)16-21-17-15-13-4-2-1-3-5-14(13)24-18(15)20-10-23(17)22-16/h6-10H,1-5H2. The average molecular weight is 338 g/mol. The van der Waals surface area contributed by atoms with Gasteiger partial charge in [-0.2, -0.15) is 0 Å². The van der Waals surface area contributed by atoms with Crippen LogP contribution in [-0.4, -0.2) is 19.6 Å². The highest BCUT2D eigenvalue weighted by Gasteiger charge is 2.20. The van der Waals surface area contributed by atoms with Gasteiger partial charge in [-0.05, 0) is 55.5 Å². The Labute approximate surface area is 142 Å². The maximum absolute atomic E-state index is 13.1. The molecule has 24 heavy (non-hydrogen) atoms.